The summed E-state index contributed by atoms with van der Waals surface area (Å²) < 4.78 is 16.8. The number of aliphatic carboxylic acids is 4. The average molecular weight is 1250 g/mol. The van der Waals surface area contributed by atoms with Crippen LogP contribution in [0.2, 0.25) is 0 Å². The van der Waals surface area contributed by atoms with Crippen molar-refractivity contribution in [2.75, 3.05) is 19.8 Å². The number of unbranched alkanes of at least 4 members (excludes halogenated alkanes) is 21. The van der Waals surface area contributed by atoms with Gasteiger partial charge in [-0.05, 0) is 108 Å². The fourth-order valence-corrected chi connectivity index (χ4v) is 10.6. The molecule has 0 rings (SSSR count). The largest absolute Gasteiger partial charge is 0.550 e. The lowest BCUT2D eigenvalue weighted by atomic mass is 9.84. The molecule has 0 aliphatic carbocycles. The molecule has 0 bridgehead atoms. The van der Waals surface area contributed by atoms with E-state index in [4.69, 9.17) is 14.2 Å². The van der Waals surface area contributed by atoms with E-state index >= 15 is 0 Å². The van der Waals surface area contributed by atoms with Crippen LogP contribution < -0.4 is 5.11 Å². The molecule has 0 spiro atoms. The minimum atomic E-state index is -1.38. The molecular weight excluding hydrogens is 1140 g/mol. The number of carbonyl (C=O) groups excluding carboxylic acids is 5. The number of aliphatic hydroxyl groups excluding tert-OH is 2. The molecule has 0 aromatic heterocycles. The summed E-state index contributed by atoms with van der Waals surface area (Å²) in [7, 11) is 0. The molecule has 0 amide bonds. The Morgan fingerprint density at radius 3 is 1.46 bits per heavy atom. The smallest absolute Gasteiger partial charge is 0.307 e. The number of ketones is 1. The number of ether oxygens (including phenoxy) is 3. The van der Waals surface area contributed by atoms with E-state index in [0.717, 1.165) is 128 Å². The van der Waals surface area contributed by atoms with Crippen molar-refractivity contribution in [1.82, 2.24) is 0 Å². The minimum absolute atomic E-state index is 0.103. The summed E-state index contributed by atoms with van der Waals surface area (Å²) >= 11 is 0. The third-order valence-corrected chi connectivity index (χ3v) is 16.2. The van der Waals surface area contributed by atoms with Crippen molar-refractivity contribution in [2.24, 2.45) is 35.5 Å². The Balaban J connectivity index is 5.20. The average Bonchev–Trinajstić information content (AvgIpc) is 3.72. The number of aliphatic hydroxyl groups is 2. The Kier molecular flexibility index (Phi) is 53.8. The number of allylic oxidation sites excluding steroid dienone is 12. The molecule has 0 saturated carbocycles. The molecule has 8 unspecified atom stereocenters. The number of rotatable bonds is 61. The molecule has 0 aromatic rings. The van der Waals surface area contributed by atoms with Gasteiger partial charge in [-0.3, -0.25) is 33.6 Å². The van der Waals surface area contributed by atoms with Crippen LogP contribution in [-0.2, 0) is 52.6 Å². The Bertz CT molecular complexity index is 2090. The van der Waals surface area contributed by atoms with Gasteiger partial charge in [0.2, 0.25) is 0 Å². The van der Waals surface area contributed by atoms with E-state index in [1.54, 1.807) is 12.2 Å². The summed E-state index contributed by atoms with van der Waals surface area (Å²) in [5, 5.41) is 58.3. The molecule has 17 nitrogen and oxygen atoms in total. The van der Waals surface area contributed by atoms with E-state index in [2.05, 4.69) is 38.2 Å². The molecular formula is C72H117O17-. The van der Waals surface area contributed by atoms with Gasteiger partial charge in [-0.2, -0.15) is 0 Å². The van der Waals surface area contributed by atoms with Crippen LogP contribution in [0.3, 0.4) is 0 Å². The fraction of sp³-hybridized carbons (Fsp3) is 0.722. The second-order valence-corrected chi connectivity index (χ2v) is 24.0. The topological polar surface area (TPSA) is 288 Å². The van der Waals surface area contributed by atoms with E-state index in [0.29, 0.717) is 38.5 Å². The van der Waals surface area contributed by atoms with Crippen LogP contribution in [0.25, 0.3) is 0 Å². The van der Waals surface area contributed by atoms with Crippen molar-refractivity contribution >= 4 is 47.6 Å². The summed E-state index contributed by atoms with van der Waals surface area (Å²) in [6.45, 7) is 7.22. The highest BCUT2D eigenvalue weighted by Crippen LogP contribution is 2.27. The predicted octanol–water partition coefficient (Wildman–Crippen LogP) is 14.5. The molecule has 0 fully saturated rings. The quantitative estimate of drug-likeness (QED) is 0.0124. The minimum Gasteiger partial charge on any atom is -0.550 e. The van der Waals surface area contributed by atoms with Gasteiger partial charge in [0.05, 0.1) is 31.0 Å². The third kappa shape index (κ3) is 48.8. The first-order valence-corrected chi connectivity index (χ1v) is 34.1. The monoisotopic (exact) mass is 1250 g/mol. The molecule has 5 N–H and O–H groups in total. The van der Waals surface area contributed by atoms with Gasteiger partial charge < -0.3 is 49.6 Å². The second kappa shape index (κ2) is 57.5. The number of hydrogen-bond donors (Lipinski definition) is 5. The van der Waals surface area contributed by atoms with E-state index < -0.39 is 84.6 Å². The normalized spacial score (nSPS) is 14.8. The highest BCUT2D eigenvalue weighted by atomic mass is 16.6. The van der Waals surface area contributed by atoms with Crippen molar-refractivity contribution in [2.45, 2.75) is 277 Å². The van der Waals surface area contributed by atoms with E-state index in [-0.39, 0.29) is 75.5 Å². The molecule has 0 aliphatic heterocycles. The zero-order chi connectivity index (χ0) is 66.1. The summed E-state index contributed by atoms with van der Waals surface area (Å²) in [6.07, 6.45) is 48.5. The maximum Gasteiger partial charge on any atom is 0.307 e. The Morgan fingerprint density at radius 1 is 0.461 bits per heavy atom. The maximum absolute atomic E-state index is 13.1. The van der Waals surface area contributed by atoms with Crippen LogP contribution in [0, 0.1) is 35.5 Å². The first-order valence-electron chi connectivity index (χ1n) is 34.1. The summed E-state index contributed by atoms with van der Waals surface area (Å²) in [4.78, 5) is 97.5. The SMILES string of the molecule is CCCCCCCCC(/C=C/CCCCCCC(=O)OC(COC(=O)CCCCCCC/C=C\C=C\C(CCCCC)C(CC(=O)O)C(=O)O)COC(=O)CCCCCCC/C=C\C/C=C\C=C\C(CC)C(CC(=O)[O-])C(=O)O)C(C)C(=O)CCC(O)CO. The van der Waals surface area contributed by atoms with Crippen molar-refractivity contribution in [1.29, 1.82) is 0 Å². The van der Waals surface area contributed by atoms with Crippen molar-refractivity contribution in [3.05, 3.63) is 72.9 Å². The lowest BCUT2D eigenvalue weighted by Gasteiger charge is -2.21. The number of carboxylic acid groups (broad SMARTS) is 4. The summed E-state index contributed by atoms with van der Waals surface area (Å²) in [5.41, 5.74) is 0. The van der Waals surface area contributed by atoms with Gasteiger partial charge in [-0.1, -0.05) is 210 Å². The van der Waals surface area contributed by atoms with Crippen LogP contribution in [0.4, 0.5) is 0 Å². The summed E-state index contributed by atoms with van der Waals surface area (Å²) in [6, 6.07) is 0. The lowest BCUT2D eigenvalue weighted by molar-refractivity contribution is -0.307. The van der Waals surface area contributed by atoms with Gasteiger partial charge in [-0.25, -0.2) is 0 Å². The highest BCUT2D eigenvalue weighted by molar-refractivity contribution is 5.81. The van der Waals surface area contributed by atoms with Crippen molar-refractivity contribution < 1.29 is 83.2 Å². The molecule has 17 heteroatoms. The molecule has 0 aliphatic rings. The zero-order valence-corrected chi connectivity index (χ0v) is 55.0. The van der Waals surface area contributed by atoms with Gasteiger partial charge in [-0.15, -0.1) is 0 Å². The van der Waals surface area contributed by atoms with Crippen molar-refractivity contribution in [3.63, 3.8) is 0 Å². The Morgan fingerprint density at radius 2 is 0.921 bits per heavy atom. The molecule has 0 radical (unpaired) electrons. The number of hydrogen-bond acceptors (Lipinski definition) is 14. The lowest BCUT2D eigenvalue weighted by Crippen LogP contribution is -2.32. The molecule has 508 valence electrons. The van der Waals surface area contributed by atoms with E-state index in [1.165, 1.54) is 25.7 Å². The van der Waals surface area contributed by atoms with Crippen molar-refractivity contribution in [3.8, 4) is 0 Å². The number of carbonyl (C=O) groups is 8. The zero-order valence-electron chi connectivity index (χ0n) is 55.0. The predicted molar refractivity (Wildman–Crippen MR) is 347 cm³/mol. The van der Waals surface area contributed by atoms with Crippen LogP contribution in [0.1, 0.15) is 265 Å². The number of Topliss-reactive ketones (excluding diaryl/α,β-unsaturated/α-hetero) is 1. The molecule has 89 heavy (non-hydrogen) atoms. The van der Waals surface area contributed by atoms with Crippen LogP contribution >= 0.6 is 0 Å². The second-order valence-electron chi connectivity index (χ2n) is 24.0. The Labute approximate surface area is 534 Å². The van der Waals surface area contributed by atoms with Crippen LogP contribution in [0.15, 0.2) is 72.9 Å². The molecule has 0 heterocycles. The van der Waals surface area contributed by atoms with Crippen LogP contribution in [0.5, 0.6) is 0 Å². The van der Waals surface area contributed by atoms with Gasteiger partial charge in [0.15, 0.2) is 6.10 Å². The maximum atomic E-state index is 13.1. The van der Waals surface area contributed by atoms with E-state index in [1.807, 2.05) is 50.3 Å². The molecule has 0 saturated heterocycles. The fourth-order valence-electron chi connectivity index (χ4n) is 10.6. The first kappa shape index (κ1) is 83.3. The third-order valence-electron chi connectivity index (χ3n) is 16.2. The van der Waals surface area contributed by atoms with E-state index in [9.17, 15) is 69.0 Å². The highest BCUT2D eigenvalue weighted by Gasteiger charge is 2.29. The molecule has 8 atom stereocenters. The number of carboxylic acids is 4. The first-order chi connectivity index (χ1) is 42.9. The van der Waals surface area contributed by atoms with Gasteiger partial charge >= 0.3 is 35.8 Å². The molecule has 0 aromatic carbocycles. The standard InChI is InChI=1S/C72H118O17/c1-5-8-10-11-27-36-43-59(57(4)65(75)51-50-61(74)54-73)44-37-29-25-26-33-41-49-70(82)89-62(55-87-68(80)47-39-31-23-19-15-13-12-14-17-21-28-35-42-58(7-3)63(71(83)84)52-66(76)77)56-88-69(81)48-40-32-24-20-16-18-22-30-38-46-60(45-34-9-6-2)64(72(85)86)53-67(78)79/h12,14,21-22,28,30,35,37-38,42,44,46,57-64,73-74H,5-11,13,15-20,23-27,29,31-34,36,39-41,43,45,47-56H2,1-4H3,(H,76,77)(H,78,79)(H,83,84)(H,85,86)/p-1/b14-12-,28-21-,30-22-,42-35+,44-37+,46-38+. The number of esters is 3. The van der Waals surface area contributed by atoms with Gasteiger partial charge in [0, 0.05) is 44.0 Å². The summed E-state index contributed by atoms with van der Waals surface area (Å²) in [5.74, 6) is -8.80. The Hall–Kier alpha value is -5.68. The van der Waals surface area contributed by atoms with Crippen LogP contribution in [-0.4, -0.2) is 105 Å². The van der Waals surface area contributed by atoms with Gasteiger partial charge in [0.1, 0.15) is 19.0 Å². The van der Waals surface area contributed by atoms with Gasteiger partial charge in [0.25, 0.3) is 0 Å².